The Morgan fingerprint density at radius 2 is 1.81 bits per heavy atom. The van der Waals surface area contributed by atoms with E-state index < -0.39 is 0 Å². The summed E-state index contributed by atoms with van der Waals surface area (Å²) in [5.74, 6) is -0.0400. The third-order valence-corrected chi connectivity index (χ3v) is 5.24. The highest BCUT2D eigenvalue weighted by Crippen LogP contribution is 2.24. The van der Waals surface area contributed by atoms with Crippen LogP contribution in [0.15, 0.2) is 54.6 Å². The van der Waals surface area contributed by atoms with Crippen molar-refractivity contribution in [3.05, 3.63) is 71.3 Å². The van der Waals surface area contributed by atoms with Gasteiger partial charge in [0.15, 0.2) is 0 Å². The largest absolute Gasteiger partial charge is 0.352 e. The van der Waals surface area contributed by atoms with Crippen LogP contribution in [-0.2, 0) is 17.9 Å². The van der Waals surface area contributed by atoms with Crippen molar-refractivity contribution < 1.29 is 4.79 Å². The van der Waals surface area contributed by atoms with Crippen molar-refractivity contribution in [1.82, 2.24) is 21.1 Å². The molecule has 0 radical (unpaired) electrons. The Kier molecular flexibility index (Phi) is 6.98. The fourth-order valence-corrected chi connectivity index (χ4v) is 3.58. The molecule has 3 rings (SSSR count). The van der Waals surface area contributed by atoms with E-state index in [-0.39, 0.29) is 17.9 Å². The van der Waals surface area contributed by atoms with Crippen LogP contribution in [0.3, 0.4) is 0 Å². The Morgan fingerprint density at radius 1 is 1.07 bits per heavy atom. The van der Waals surface area contributed by atoms with E-state index in [2.05, 4.69) is 71.3 Å². The first-order chi connectivity index (χ1) is 13.2. The minimum atomic E-state index is -0.119. The van der Waals surface area contributed by atoms with E-state index in [0.29, 0.717) is 13.1 Å². The summed E-state index contributed by atoms with van der Waals surface area (Å²) in [4.78, 5) is 15.1. The van der Waals surface area contributed by atoms with E-state index in [4.69, 9.17) is 0 Å². The monoisotopic (exact) mass is 366 g/mol. The minimum Gasteiger partial charge on any atom is -0.352 e. The lowest BCUT2D eigenvalue weighted by Gasteiger charge is -2.19. The van der Waals surface area contributed by atoms with Crippen molar-refractivity contribution in [2.45, 2.75) is 33.0 Å². The Morgan fingerprint density at radius 3 is 2.56 bits per heavy atom. The molecule has 2 aromatic rings. The fourth-order valence-electron chi connectivity index (χ4n) is 3.58. The van der Waals surface area contributed by atoms with Gasteiger partial charge in [0.2, 0.25) is 5.91 Å². The topological polar surface area (TPSA) is 56.4 Å². The zero-order valence-corrected chi connectivity index (χ0v) is 16.2. The second-order valence-corrected chi connectivity index (χ2v) is 7.02. The molecule has 27 heavy (non-hydrogen) atoms. The highest BCUT2D eigenvalue weighted by Gasteiger charge is 2.33. The number of amides is 1. The van der Waals surface area contributed by atoms with E-state index in [1.54, 1.807) is 0 Å². The smallest absolute Gasteiger partial charge is 0.226 e. The molecule has 2 unspecified atom stereocenters. The van der Waals surface area contributed by atoms with Gasteiger partial charge >= 0.3 is 0 Å². The second kappa shape index (κ2) is 9.65. The lowest BCUT2D eigenvalue weighted by Crippen LogP contribution is -2.34. The van der Waals surface area contributed by atoms with Crippen LogP contribution >= 0.6 is 0 Å². The summed E-state index contributed by atoms with van der Waals surface area (Å²) < 4.78 is 0. The van der Waals surface area contributed by atoms with Crippen molar-refractivity contribution >= 4 is 5.91 Å². The number of nitrogens with one attached hydrogen (secondary N) is 3. The summed E-state index contributed by atoms with van der Waals surface area (Å²) >= 11 is 0. The first kappa shape index (κ1) is 19.5. The zero-order chi connectivity index (χ0) is 19.1. The van der Waals surface area contributed by atoms with Crippen LogP contribution in [0.1, 0.15) is 36.6 Å². The third kappa shape index (κ3) is 5.16. The summed E-state index contributed by atoms with van der Waals surface area (Å²) in [6.45, 7) is 8.58. The van der Waals surface area contributed by atoms with Gasteiger partial charge in [-0.15, -0.1) is 0 Å². The predicted octanol–water partition coefficient (Wildman–Crippen LogP) is 2.61. The standard InChI is InChI=1S/C22H30N4O/c1-3-26(4-2)16-18-10-8-9-17(13-18)14-23-22(27)20-15-24-25-21(20)19-11-6-5-7-12-19/h5-13,20-21,24-25H,3-4,14-16H2,1-2H3,(H,23,27). The molecule has 1 saturated heterocycles. The summed E-state index contributed by atoms with van der Waals surface area (Å²) in [6.07, 6.45) is 0. The van der Waals surface area contributed by atoms with Gasteiger partial charge in [0.1, 0.15) is 0 Å². The van der Waals surface area contributed by atoms with Crippen LogP contribution in [0.2, 0.25) is 0 Å². The molecule has 2 atom stereocenters. The molecule has 2 aromatic carbocycles. The zero-order valence-electron chi connectivity index (χ0n) is 16.2. The molecule has 1 aliphatic rings. The van der Waals surface area contributed by atoms with Gasteiger partial charge in [0.05, 0.1) is 12.0 Å². The summed E-state index contributed by atoms with van der Waals surface area (Å²) in [6, 6.07) is 18.6. The molecule has 0 aromatic heterocycles. The van der Waals surface area contributed by atoms with Crippen LogP contribution < -0.4 is 16.2 Å². The van der Waals surface area contributed by atoms with Gasteiger partial charge in [-0.2, -0.15) is 0 Å². The summed E-state index contributed by atoms with van der Waals surface area (Å²) in [7, 11) is 0. The van der Waals surface area contributed by atoms with Gasteiger partial charge in [-0.05, 0) is 29.8 Å². The molecule has 1 heterocycles. The SMILES string of the molecule is CCN(CC)Cc1cccc(CNC(=O)C2CNNC2c2ccccc2)c1. The van der Waals surface area contributed by atoms with Crippen molar-refractivity contribution in [3.8, 4) is 0 Å². The highest BCUT2D eigenvalue weighted by atomic mass is 16.2. The lowest BCUT2D eigenvalue weighted by atomic mass is 9.94. The van der Waals surface area contributed by atoms with Gasteiger partial charge in [-0.1, -0.05) is 68.4 Å². The average Bonchev–Trinajstić information content (AvgIpc) is 3.21. The Bertz CT molecular complexity index is 730. The van der Waals surface area contributed by atoms with Crippen LogP contribution in [0.25, 0.3) is 0 Å². The van der Waals surface area contributed by atoms with E-state index in [1.807, 2.05) is 18.2 Å². The molecule has 0 aliphatic carbocycles. The van der Waals surface area contributed by atoms with Gasteiger partial charge in [-0.3, -0.25) is 15.1 Å². The molecule has 144 valence electrons. The third-order valence-electron chi connectivity index (χ3n) is 5.24. The molecule has 3 N–H and O–H groups in total. The summed E-state index contributed by atoms with van der Waals surface area (Å²) in [5.41, 5.74) is 9.92. The Hall–Kier alpha value is -2.21. The van der Waals surface area contributed by atoms with Crippen molar-refractivity contribution in [1.29, 1.82) is 0 Å². The Labute approximate surface area is 162 Å². The van der Waals surface area contributed by atoms with E-state index in [1.165, 1.54) is 5.56 Å². The minimum absolute atomic E-state index is 0.000186. The van der Waals surface area contributed by atoms with Gasteiger partial charge in [0.25, 0.3) is 0 Å². The van der Waals surface area contributed by atoms with Crippen LogP contribution in [0.4, 0.5) is 0 Å². The number of carbonyl (C=O) groups is 1. The molecule has 1 aliphatic heterocycles. The number of hydrogen-bond donors (Lipinski definition) is 3. The van der Waals surface area contributed by atoms with E-state index in [9.17, 15) is 4.79 Å². The molecular weight excluding hydrogens is 336 g/mol. The van der Waals surface area contributed by atoms with Crippen LogP contribution in [0.5, 0.6) is 0 Å². The summed E-state index contributed by atoms with van der Waals surface area (Å²) in [5, 5.41) is 3.12. The first-order valence-corrected chi connectivity index (χ1v) is 9.82. The molecule has 5 nitrogen and oxygen atoms in total. The van der Waals surface area contributed by atoms with Gasteiger partial charge < -0.3 is 5.32 Å². The predicted molar refractivity (Wildman–Crippen MR) is 109 cm³/mol. The maximum absolute atomic E-state index is 12.8. The van der Waals surface area contributed by atoms with Crippen LogP contribution in [0, 0.1) is 5.92 Å². The molecule has 0 spiro atoms. The molecule has 1 fully saturated rings. The molecule has 0 bridgehead atoms. The number of hydrogen-bond acceptors (Lipinski definition) is 4. The normalized spacial score (nSPS) is 19.4. The Balaban J connectivity index is 1.59. The average molecular weight is 367 g/mol. The van der Waals surface area contributed by atoms with Crippen LogP contribution in [-0.4, -0.2) is 30.4 Å². The lowest BCUT2D eigenvalue weighted by molar-refractivity contribution is -0.125. The maximum Gasteiger partial charge on any atom is 0.226 e. The second-order valence-electron chi connectivity index (χ2n) is 7.02. The maximum atomic E-state index is 12.8. The number of benzene rings is 2. The number of hydrazine groups is 1. The number of rotatable bonds is 8. The number of nitrogens with zero attached hydrogens (tertiary/aromatic N) is 1. The molecule has 1 amide bonds. The van der Waals surface area contributed by atoms with E-state index >= 15 is 0 Å². The van der Waals surface area contributed by atoms with Crippen molar-refractivity contribution in [2.24, 2.45) is 5.92 Å². The number of carbonyl (C=O) groups excluding carboxylic acids is 1. The van der Waals surface area contributed by atoms with Gasteiger partial charge in [0, 0.05) is 19.6 Å². The molecule has 5 heteroatoms. The fraction of sp³-hybridized carbons (Fsp3) is 0.409. The molecular formula is C22H30N4O. The van der Waals surface area contributed by atoms with E-state index in [0.717, 1.165) is 30.8 Å². The van der Waals surface area contributed by atoms with Crippen molar-refractivity contribution in [2.75, 3.05) is 19.6 Å². The van der Waals surface area contributed by atoms with Crippen molar-refractivity contribution in [3.63, 3.8) is 0 Å². The highest BCUT2D eigenvalue weighted by molar-refractivity contribution is 5.80. The molecule has 0 saturated carbocycles. The van der Waals surface area contributed by atoms with Gasteiger partial charge in [-0.25, -0.2) is 5.43 Å². The first-order valence-electron chi connectivity index (χ1n) is 9.82. The quantitative estimate of drug-likeness (QED) is 0.672.